The van der Waals surface area contributed by atoms with Crippen molar-refractivity contribution in [1.82, 2.24) is 0 Å². The standard InChI is InChI=1S/C17H32/c1-3-5-7-9-11-13-15-17-16-14-12-10-8-6-4-2/h3,10,12H,1,4-9,11,13-17H2,2H3. The van der Waals surface area contributed by atoms with Crippen LogP contribution in [0.1, 0.15) is 84.0 Å². The third-order valence-corrected chi connectivity index (χ3v) is 3.17. The molecular weight excluding hydrogens is 204 g/mol. The molecule has 0 atom stereocenters. The summed E-state index contributed by atoms with van der Waals surface area (Å²) in [7, 11) is 0. The molecule has 0 aromatic heterocycles. The van der Waals surface area contributed by atoms with Crippen molar-refractivity contribution in [3.05, 3.63) is 24.8 Å². The first-order valence-corrected chi connectivity index (χ1v) is 7.67. The van der Waals surface area contributed by atoms with Crippen molar-refractivity contribution in [3.8, 4) is 0 Å². The van der Waals surface area contributed by atoms with Gasteiger partial charge in [-0.25, -0.2) is 0 Å². The second-order valence-corrected chi connectivity index (χ2v) is 4.95. The van der Waals surface area contributed by atoms with Gasteiger partial charge in [-0.15, -0.1) is 6.58 Å². The molecule has 0 fully saturated rings. The fourth-order valence-electron chi connectivity index (χ4n) is 1.99. The van der Waals surface area contributed by atoms with E-state index in [0.717, 1.165) is 0 Å². The van der Waals surface area contributed by atoms with Gasteiger partial charge in [-0.1, -0.05) is 70.1 Å². The number of allylic oxidation sites excluding steroid dienone is 3. The molecule has 0 amide bonds. The third-order valence-electron chi connectivity index (χ3n) is 3.17. The van der Waals surface area contributed by atoms with Crippen molar-refractivity contribution >= 4 is 0 Å². The number of hydrogen-bond acceptors (Lipinski definition) is 0. The van der Waals surface area contributed by atoms with Crippen molar-refractivity contribution in [3.63, 3.8) is 0 Å². The molecule has 0 heterocycles. The van der Waals surface area contributed by atoms with Gasteiger partial charge in [-0.2, -0.15) is 0 Å². The van der Waals surface area contributed by atoms with Gasteiger partial charge in [0.05, 0.1) is 0 Å². The van der Waals surface area contributed by atoms with E-state index < -0.39 is 0 Å². The number of hydrogen-bond donors (Lipinski definition) is 0. The van der Waals surface area contributed by atoms with Crippen LogP contribution in [0.2, 0.25) is 0 Å². The molecule has 0 N–H and O–H groups in total. The molecule has 0 nitrogen and oxygen atoms in total. The summed E-state index contributed by atoms with van der Waals surface area (Å²) >= 11 is 0. The number of unbranched alkanes of at least 4 members (excludes halogenated alkanes) is 10. The molecular formula is C17H32. The van der Waals surface area contributed by atoms with Crippen LogP contribution in [0.3, 0.4) is 0 Å². The van der Waals surface area contributed by atoms with Crippen LogP contribution in [-0.2, 0) is 0 Å². The first-order chi connectivity index (χ1) is 8.41. The fraction of sp³-hybridized carbons (Fsp3) is 0.765. The minimum Gasteiger partial charge on any atom is -0.103 e. The first kappa shape index (κ1) is 16.5. The third kappa shape index (κ3) is 15.5. The topological polar surface area (TPSA) is 0 Å². The van der Waals surface area contributed by atoms with E-state index >= 15 is 0 Å². The average Bonchev–Trinajstić information content (AvgIpc) is 2.35. The molecule has 0 unspecified atom stereocenters. The van der Waals surface area contributed by atoms with Gasteiger partial charge in [0.25, 0.3) is 0 Å². The van der Waals surface area contributed by atoms with E-state index in [9.17, 15) is 0 Å². The Morgan fingerprint density at radius 1 is 0.647 bits per heavy atom. The van der Waals surface area contributed by atoms with Crippen molar-refractivity contribution < 1.29 is 0 Å². The van der Waals surface area contributed by atoms with Crippen LogP contribution in [0.5, 0.6) is 0 Å². The van der Waals surface area contributed by atoms with Crippen LogP contribution < -0.4 is 0 Å². The van der Waals surface area contributed by atoms with Crippen molar-refractivity contribution in [2.45, 2.75) is 84.0 Å². The van der Waals surface area contributed by atoms with Gasteiger partial charge in [0.1, 0.15) is 0 Å². The monoisotopic (exact) mass is 236 g/mol. The summed E-state index contributed by atoms with van der Waals surface area (Å²) in [6.45, 7) is 6.00. The summed E-state index contributed by atoms with van der Waals surface area (Å²) in [6, 6.07) is 0. The maximum absolute atomic E-state index is 3.75. The molecule has 0 saturated heterocycles. The van der Waals surface area contributed by atoms with Gasteiger partial charge in [0.15, 0.2) is 0 Å². The molecule has 0 heteroatoms. The highest BCUT2D eigenvalue weighted by molar-refractivity contribution is 4.81. The van der Waals surface area contributed by atoms with E-state index in [1.165, 1.54) is 77.0 Å². The van der Waals surface area contributed by atoms with Gasteiger partial charge < -0.3 is 0 Å². The maximum Gasteiger partial charge on any atom is -0.0351 e. The molecule has 0 aromatic rings. The SMILES string of the molecule is C=CCCCCCCCCCC=CCCCC. The van der Waals surface area contributed by atoms with Gasteiger partial charge in [0, 0.05) is 0 Å². The van der Waals surface area contributed by atoms with E-state index in [1.54, 1.807) is 0 Å². The molecule has 0 aromatic carbocycles. The fourth-order valence-corrected chi connectivity index (χ4v) is 1.99. The van der Waals surface area contributed by atoms with E-state index in [1.807, 2.05) is 6.08 Å². The second-order valence-electron chi connectivity index (χ2n) is 4.95. The molecule has 100 valence electrons. The summed E-state index contributed by atoms with van der Waals surface area (Å²) in [5, 5.41) is 0. The molecule has 0 aliphatic carbocycles. The smallest absolute Gasteiger partial charge is 0.0351 e. The Bertz CT molecular complexity index is 167. The van der Waals surface area contributed by atoms with Gasteiger partial charge in [-0.3, -0.25) is 0 Å². The van der Waals surface area contributed by atoms with Crippen molar-refractivity contribution in [2.24, 2.45) is 0 Å². The van der Waals surface area contributed by atoms with E-state index in [-0.39, 0.29) is 0 Å². The second kappa shape index (κ2) is 15.5. The van der Waals surface area contributed by atoms with Gasteiger partial charge >= 0.3 is 0 Å². The van der Waals surface area contributed by atoms with Crippen LogP contribution in [0.15, 0.2) is 24.8 Å². The maximum atomic E-state index is 3.75. The lowest BCUT2D eigenvalue weighted by molar-refractivity contribution is 0.583. The zero-order valence-electron chi connectivity index (χ0n) is 11.9. The predicted octanol–water partition coefficient (Wildman–Crippen LogP) is 6.43. The normalized spacial score (nSPS) is 11.1. The van der Waals surface area contributed by atoms with Crippen LogP contribution in [-0.4, -0.2) is 0 Å². The Kier molecular flexibility index (Phi) is 15.0. The highest BCUT2D eigenvalue weighted by Crippen LogP contribution is 2.10. The van der Waals surface area contributed by atoms with Gasteiger partial charge in [-0.05, 0) is 32.1 Å². The largest absolute Gasteiger partial charge is 0.103 e. The molecule has 0 radical (unpaired) electrons. The lowest BCUT2D eigenvalue weighted by Crippen LogP contribution is -1.80. The van der Waals surface area contributed by atoms with Crippen LogP contribution in [0, 0.1) is 0 Å². The summed E-state index contributed by atoms with van der Waals surface area (Å²) in [4.78, 5) is 0. The summed E-state index contributed by atoms with van der Waals surface area (Å²) in [6.07, 6.45) is 23.0. The summed E-state index contributed by atoms with van der Waals surface area (Å²) < 4.78 is 0. The predicted molar refractivity (Wildman–Crippen MR) is 80.4 cm³/mol. The summed E-state index contributed by atoms with van der Waals surface area (Å²) in [5.74, 6) is 0. The quantitative estimate of drug-likeness (QED) is 0.255. The Balaban J connectivity index is 2.98. The zero-order chi connectivity index (χ0) is 12.6. The number of rotatable bonds is 13. The molecule has 0 aliphatic heterocycles. The van der Waals surface area contributed by atoms with Crippen LogP contribution in [0.25, 0.3) is 0 Å². The van der Waals surface area contributed by atoms with E-state index in [2.05, 4.69) is 25.7 Å². The Morgan fingerprint density at radius 3 is 1.65 bits per heavy atom. The lowest BCUT2D eigenvalue weighted by Gasteiger charge is -2.00. The molecule has 0 spiro atoms. The zero-order valence-corrected chi connectivity index (χ0v) is 11.9. The summed E-state index contributed by atoms with van der Waals surface area (Å²) in [5.41, 5.74) is 0. The molecule has 17 heavy (non-hydrogen) atoms. The van der Waals surface area contributed by atoms with E-state index in [0.29, 0.717) is 0 Å². The highest BCUT2D eigenvalue weighted by Gasteiger charge is 1.90. The minimum absolute atomic E-state index is 1.20. The molecule has 0 bridgehead atoms. The van der Waals surface area contributed by atoms with Gasteiger partial charge in [0.2, 0.25) is 0 Å². The first-order valence-electron chi connectivity index (χ1n) is 7.67. The van der Waals surface area contributed by atoms with Crippen molar-refractivity contribution in [1.29, 1.82) is 0 Å². The Hall–Kier alpha value is -0.520. The average molecular weight is 236 g/mol. The van der Waals surface area contributed by atoms with Crippen molar-refractivity contribution in [2.75, 3.05) is 0 Å². The highest BCUT2D eigenvalue weighted by atomic mass is 14.0. The molecule has 0 aliphatic rings. The lowest BCUT2D eigenvalue weighted by atomic mass is 10.1. The molecule has 0 saturated carbocycles. The van der Waals surface area contributed by atoms with Crippen LogP contribution >= 0.6 is 0 Å². The minimum atomic E-state index is 1.20. The van der Waals surface area contributed by atoms with Crippen LogP contribution in [0.4, 0.5) is 0 Å². The Morgan fingerprint density at radius 2 is 1.12 bits per heavy atom. The van der Waals surface area contributed by atoms with E-state index in [4.69, 9.17) is 0 Å². The molecule has 0 rings (SSSR count). The Labute approximate surface area is 109 Å².